The highest BCUT2D eigenvalue weighted by atomic mass is 16.5. The Labute approximate surface area is 120 Å². The molecule has 1 atom stereocenters. The molecular formula is C15H25NO4. The molecule has 2 rings (SSSR count). The van der Waals surface area contributed by atoms with E-state index < -0.39 is 11.0 Å². The zero-order valence-electron chi connectivity index (χ0n) is 12.5. The Kier molecular flexibility index (Phi) is 4.49. The average Bonchev–Trinajstić information content (AvgIpc) is 2.62. The normalized spacial score (nSPS) is 25.2. The third-order valence-corrected chi connectivity index (χ3v) is 4.64. The molecule has 5 nitrogen and oxygen atoms in total. The summed E-state index contributed by atoms with van der Waals surface area (Å²) < 4.78 is 4.96. The first kappa shape index (κ1) is 15.4. The van der Waals surface area contributed by atoms with Gasteiger partial charge in [0.2, 0.25) is 11.8 Å². The minimum atomic E-state index is -1.08. The quantitative estimate of drug-likeness (QED) is 0.776. The lowest BCUT2D eigenvalue weighted by molar-refractivity contribution is -0.146. The molecule has 114 valence electrons. The molecule has 2 aliphatic rings. The minimum absolute atomic E-state index is 0.0695. The summed E-state index contributed by atoms with van der Waals surface area (Å²) in [7, 11) is 1.57. The van der Waals surface area contributed by atoms with Gasteiger partial charge in [-0.3, -0.25) is 14.5 Å². The molecule has 2 fully saturated rings. The maximum absolute atomic E-state index is 12.6. The molecule has 5 heteroatoms. The second-order valence-corrected chi connectivity index (χ2v) is 6.54. The molecule has 2 amide bonds. The summed E-state index contributed by atoms with van der Waals surface area (Å²) in [5.74, 6) is -0.200. The minimum Gasteiger partial charge on any atom is -0.388 e. The molecular weight excluding hydrogens is 258 g/mol. The number of methoxy groups -OCH3 is 1. The maximum atomic E-state index is 12.6. The van der Waals surface area contributed by atoms with Gasteiger partial charge < -0.3 is 9.84 Å². The largest absolute Gasteiger partial charge is 0.388 e. The van der Waals surface area contributed by atoms with Gasteiger partial charge in [0.1, 0.15) is 0 Å². The molecule has 0 aromatic rings. The number of aliphatic hydroxyl groups is 1. The standard InChI is InChI=1S/C15H25NO4/c1-14(19,8-9-20-2)11-16-12(17)10-15(13(16)18)6-4-3-5-7-15/h19H,3-11H2,1-2H3. The van der Waals surface area contributed by atoms with Crippen LogP contribution in [0.5, 0.6) is 0 Å². The number of hydrogen-bond donors (Lipinski definition) is 1. The Balaban J connectivity index is 2.05. The predicted molar refractivity (Wildman–Crippen MR) is 74.0 cm³/mol. The lowest BCUT2D eigenvalue weighted by Crippen LogP contribution is -2.46. The highest BCUT2D eigenvalue weighted by Gasteiger charge is 2.52. The van der Waals surface area contributed by atoms with Crippen molar-refractivity contribution in [3.8, 4) is 0 Å². The number of likely N-dealkylation sites (tertiary alicyclic amines) is 1. The van der Waals surface area contributed by atoms with Gasteiger partial charge in [-0.05, 0) is 19.8 Å². The van der Waals surface area contributed by atoms with E-state index in [0.29, 0.717) is 19.4 Å². The summed E-state index contributed by atoms with van der Waals surface area (Å²) in [6.07, 6.45) is 5.55. The number of carbonyl (C=O) groups is 2. The van der Waals surface area contributed by atoms with Gasteiger partial charge in [0.15, 0.2) is 0 Å². The lowest BCUT2D eigenvalue weighted by atomic mass is 9.73. The zero-order chi connectivity index (χ0) is 14.8. The van der Waals surface area contributed by atoms with Crippen LogP contribution in [0.1, 0.15) is 51.9 Å². The monoisotopic (exact) mass is 283 g/mol. The predicted octanol–water partition coefficient (Wildman–Crippen LogP) is 1.48. The van der Waals surface area contributed by atoms with Crippen molar-refractivity contribution in [1.29, 1.82) is 0 Å². The molecule has 1 aliphatic carbocycles. The lowest BCUT2D eigenvalue weighted by Gasteiger charge is -2.32. The molecule has 1 saturated carbocycles. The third-order valence-electron chi connectivity index (χ3n) is 4.64. The molecule has 1 N–H and O–H groups in total. The number of ether oxygens (including phenoxy) is 1. The molecule has 1 aliphatic heterocycles. The first-order valence-electron chi connectivity index (χ1n) is 7.46. The summed E-state index contributed by atoms with van der Waals surface area (Å²) in [5.41, 5.74) is -1.55. The van der Waals surface area contributed by atoms with Gasteiger partial charge in [-0.15, -0.1) is 0 Å². The van der Waals surface area contributed by atoms with Crippen molar-refractivity contribution < 1.29 is 19.4 Å². The fourth-order valence-electron chi connectivity index (χ4n) is 3.38. The van der Waals surface area contributed by atoms with Crippen molar-refractivity contribution >= 4 is 11.8 Å². The van der Waals surface area contributed by atoms with Crippen molar-refractivity contribution in [3.63, 3.8) is 0 Å². The molecule has 0 bridgehead atoms. The van der Waals surface area contributed by atoms with Gasteiger partial charge >= 0.3 is 0 Å². The van der Waals surface area contributed by atoms with Crippen LogP contribution in [0.3, 0.4) is 0 Å². The molecule has 1 heterocycles. The molecule has 0 aromatic carbocycles. The van der Waals surface area contributed by atoms with Gasteiger partial charge in [-0.2, -0.15) is 0 Å². The molecule has 1 unspecified atom stereocenters. The number of imide groups is 1. The SMILES string of the molecule is COCCC(C)(O)CN1C(=O)CC2(CCCCC2)C1=O. The number of nitrogens with zero attached hydrogens (tertiary/aromatic N) is 1. The van der Waals surface area contributed by atoms with E-state index in [1.807, 2.05) is 0 Å². The summed E-state index contributed by atoms with van der Waals surface area (Å²) >= 11 is 0. The second kappa shape index (κ2) is 5.82. The second-order valence-electron chi connectivity index (χ2n) is 6.54. The van der Waals surface area contributed by atoms with Crippen LogP contribution in [0, 0.1) is 5.41 Å². The number of β-amino-alcohol motifs (C(OH)–C–C–N with tert-alkyl or cyclic N) is 1. The van der Waals surface area contributed by atoms with Crippen molar-refractivity contribution in [1.82, 2.24) is 4.90 Å². The van der Waals surface area contributed by atoms with Crippen molar-refractivity contribution in [2.45, 2.75) is 57.5 Å². The summed E-state index contributed by atoms with van der Waals surface area (Å²) in [6.45, 7) is 2.14. The van der Waals surface area contributed by atoms with E-state index in [9.17, 15) is 14.7 Å². The summed E-state index contributed by atoms with van der Waals surface area (Å²) in [5, 5.41) is 10.3. The Morgan fingerprint density at radius 3 is 2.55 bits per heavy atom. The van der Waals surface area contributed by atoms with E-state index in [1.54, 1.807) is 14.0 Å². The Morgan fingerprint density at radius 2 is 1.95 bits per heavy atom. The molecule has 1 spiro atoms. The molecule has 0 aromatic heterocycles. The average molecular weight is 283 g/mol. The van der Waals surface area contributed by atoms with E-state index in [2.05, 4.69) is 0 Å². The van der Waals surface area contributed by atoms with Crippen LogP contribution in [0.2, 0.25) is 0 Å². The third kappa shape index (κ3) is 3.04. The van der Waals surface area contributed by atoms with E-state index in [-0.39, 0.29) is 18.4 Å². The van der Waals surface area contributed by atoms with Crippen LogP contribution >= 0.6 is 0 Å². The van der Waals surface area contributed by atoms with Crippen molar-refractivity contribution in [2.24, 2.45) is 5.41 Å². The highest BCUT2D eigenvalue weighted by Crippen LogP contribution is 2.45. The first-order valence-corrected chi connectivity index (χ1v) is 7.46. The fourth-order valence-corrected chi connectivity index (χ4v) is 3.38. The number of amides is 2. The first-order chi connectivity index (χ1) is 9.40. The van der Waals surface area contributed by atoms with Gasteiger partial charge in [0.25, 0.3) is 0 Å². The van der Waals surface area contributed by atoms with Gasteiger partial charge in [-0.25, -0.2) is 0 Å². The Hall–Kier alpha value is -0.940. The highest BCUT2D eigenvalue weighted by molar-refractivity contribution is 6.06. The number of carbonyl (C=O) groups excluding carboxylic acids is 2. The van der Waals surface area contributed by atoms with Crippen molar-refractivity contribution in [2.75, 3.05) is 20.3 Å². The van der Waals surface area contributed by atoms with Crippen LogP contribution in [0.15, 0.2) is 0 Å². The van der Waals surface area contributed by atoms with Crippen LogP contribution in [-0.4, -0.2) is 47.7 Å². The molecule has 0 radical (unpaired) electrons. The van der Waals surface area contributed by atoms with Crippen LogP contribution in [-0.2, 0) is 14.3 Å². The number of hydrogen-bond acceptors (Lipinski definition) is 4. The van der Waals surface area contributed by atoms with E-state index in [4.69, 9.17) is 4.74 Å². The smallest absolute Gasteiger partial charge is 0.236 e. The number of rotatable bonds is 5. The summed E-state index contributed by atoms with van der Waals surface area (Å²) in [4.78, 5) is 26.1. The van der Waals surface area contributed by atoms with Crippen LogP contribution in [0.25, 0.3) is 0 Å². The Morgan fingerprint density at radius 1 is 1.30 bits per heavy atom. The zero-order valence-corrected chi connectivity index (χ0v) is 12.5. The van der Waals surface area contributed by atoms with Crippen molar-refractivity contribution in [3.05, 3.63) is 0 Å². The van der Waals surface area contributed by atoms with E-state index in [0.717, 1.165) is 32.1 Å². The van der Waals surface area contributed by atoms with E-state index >= 15 is 0 Å². The van der Waals surface area contributed by atoms with Crippen LogP contribution in [0.4, 0.5) is 0 Å². The maximum Gasteiger partial charge on any atom is 0.236 e. The Bertz CT molecular complexity index is 385. The molecule has 20 heavy (non-hydrogen) atoms. The van der Waals surface area contributed by atoms with Crippen LogP contribution < -0.4 is 0 Å². The van der Waals surface area contributed by atoms with Gasteiger partial charge in [-0.1, -0.05) is 19.3 Å². The summed E-state index contributed by atoms with van der Waals surface area (Å²) in [6, 6.07) is 0. The van der Waals surface area contributed by atoms with E-state index in [1.165, 1.54) is 4.90 Å². The topological polar surface area (TPSA) is 66.8 Å². The molecule has 1 saturated heterocycles. The fraction of sp³-hybridized carbons (Fsp3) is 0.867. The van der Waals surface area contributed by atoms with Gasteiger partial charge in [0, 0.05) is 26.6 Å². The van der Waals surface area contributed by atoms with Gasteiger partial charge in [0.05, 0.1) is 17.6 Å².